The Bertz CT molecular complexity index is 470. The summed E-state index contributed by atoms with van der Waals surface area (Å²) in [5.41, 5.74) is 7.37. The Balaban J connectivity index is 2.85. The van der Waals surface area contributed by atoms with E-state index in [9.17, 15) is 4.79 Å². The molecule has 0 saturated carbocycles. The smallest absolute Gasteiger partial charge is 0.253 e. The van der Waals surface area contributed by atoms with E-state index in [1.807, 2.05) is 45.8 Å². The summed E-state index contributed by atoms with van der Waals surface area (Å²) in [6, 6.07) is 5.33. The van der Waals surface area contributed by atoms with Crippen molar-refractivity contribution in [3.63, 3.8) is 0 Å². The van der Waals surface area contributed by atoms with Gasteiger partial charge in [-0.15, -0.1) is 0 Å². The number of nitrogen functional groups attached to an aromatic ring is 1. The molecular formula is C15H25N3O2. The fourth-order valence-corrected chi connectivity index (χ4v) is 1.96. The molecule has 1 amide bonds. The summed E-state index contributed by atoms with van der Waals surface area (Å²) in [6.45, 7) is 6.89. The molecule has 0 fully saturated rings. The number of ether oxygens (including phenoxy) is 1. The van der Waals surface area contributed by atoms with E-state index in [-0.39, 0.29) is 11.5 Å². The lowest BCUT2D eigenvalue weighted by Gasteiger charge is -2.25. The zero-order chi connectivity index (χ0) is 15.3. The lowest BCUT2D eigenvalue weighted by molar-refractivity contribution is -0.00815. The minimum atomic E-state index is -0.386. The maximum Gasteiger partial charge on any atom is 0.253 e. The molecule has 0 atom stereocenters. The van der Waals surface area contributed by atoms with Crippen molar-refractivity contribution < 1.29 is 9.53 Å². The van der Waals surface area contributed by atoms with Gasteiger partial charge in [-0.1, -0.05) is 0 Å². The van der Waals surface area contributed by atoms with Gasteiger partial charge >= 0.3 is 0 Å². The molecule has 20 heavy (non-hydrogen) atoms. The Labute approximate surface area is 121 Å². The molecule has 0 aliphatic carbocycles. The zero-order valence-electron chi connectivity index (χ0n) is 13.0. The Morgan fingerprint density at radius 2 is 2.05 bits per heavy atom. The minimum Gasteiger partial charge on any atom is -0.399 e. The highest BCUT2D eigenvalue weighted by Gasteiger charge is 2.20. The summed E-state index contributed by atoms with van der Waals surface area (Å²) in [6.07, 6.45) is 0. The number of carbonyl (C=O) groups is 1. The SMILES string of the molecule is CCOC(C)(C)CNC(=O)c1cc(N)ccc1N(C)C. The quantitative estimate of drug-likeness (QED) is 0.780. The van der Waals surface area contributed by atoms with Gasteiger partial charge in [-0.25, -0.2) is 0 Å². The predicted octanol–water partition coefficient (Wildman–Crippen LogP) is 1.88. The first-order valence-electron chi connectivity index (χ1n) is 6.76. The standard InChI is InChI=1S/C15H25N3O2/c1-6-20-15(2,3)10-17-14(19)12-9-11(16)7-8-13(12)18(4)5/h7-9H,6,10,16H2,1-5H3,(H,17,19). The number of rotatable bonds is 6. The highest BCUT2D eigenvalue weighted by Crippen LogP contribution is 2.21. The van der Waals surface area contributed by atoms with Crippen LogP contribution in [0.25, 0.3) is 0 Å². The van der Waals surface area contributed by atoms with Crippen molar-refractivity contribution in [2.75, 3.05) is 37.9 Å². The van der Waals surface area contributed by atoms with E-state index in [1.165, 1.54) is 0 Å². The number of hydrogen-bond acceptors (Lipinski definition) is 4. The molecule has 5 heteroatoms. The van der Waals surface area contributed by atoms with E-state index in [0.717, 1.165) is 5.69 Å². The van der Waals surface area contributed by atoms with Crippen molar-refractivity contribution in [3.05, 3.63) is 23.8 Å². The van der Waals surface area contributed by atoms with Crippen LogP contribution in [0.15, 0.2) is 18.2 Å². The van der Waals surface area contributed by atoms with Gasteiger partial charge in [0.1, 0.15) is 0 Å². The van der Waals surface area contributed by atoms with Crippen molar-refractivity contribution in [2.24, 2.45) is 0 Å². The number of benzene rings is 1. The monoisotopic (exact) mass is 279 g/mol. The van der Waals surface area contributed by atoms with Crippen molar-refractivity contribution >= 4 is 17.3 Å². The molecular weight excluding hydrogens is 254 g/mol. The second kappa shape index (κ2) is 6.61. The van der Waals surface area contributed by atoms with Gasteiger partial charge in [-0.05, 0) is 39.0 Å². The van der Waals surface area contributed by atoms with Crippen LogP contribution >= 0.6 is 0 Å². The summed E-state index contributed by atoms with van der Waals surface area (Å²) in [5.74, 6) is -0.145. The third-order valence-corrected chi connectivity index (χ3v) is 2.96. The van der Waals surface area contributed by atoms with E-state index in [4.69, 9.17) is 10.5 Å². The van der Waals surface area contributed by atoms with E-state index in [2.05, 4.69) is 5.32 Å². The van der Waals surface area contributed by atoms with Crippen LogP contribution in [-0.2, 0) is 4.74 Å². The molecule has 0 saturated heterocycles. The Morgan fingerprint density at radius 3 is 2.60 bits per heavy atom. The van der Waals surface area contributed by atoms with Crippen LogP contribution < -0.4 is 16.0 Å². The number of nitrogens with one attached hydrogen (secondary N) is 1. The molecule has 0 aromatic heterocycles. The molecule has 0 aliphatic heterocycles. The fourth-order valence-electron chi connectivity index (χ4n) is 1.96. The minimum absolute atomic E-state index is 0.145. The van der Waals surface area contributed by atoms with Gasteiger partial charge < -0.3 is 20.7 Å². The maximum atomic E-state index is 12.3. The van der Waals surface area contributed by atoms with E-state index in [0.29, 0.717) is 24.4 Å². The molecule has 0 heterocycles. The zero-order valence-corrected chi connectivity index (χ0v) is 13.0. The van der Waals surface area contributed by atoms with Gasteiger partial charge in [0.15, 0.2) is 0 Å². The Morgan fingerprint density at radius 1 is 1.40 bits per heavy atom. The molecule has 1 aromatic rings. The molecule has 0 bridgehead atoms. The lowest BCUT2D eigenvalue weighted by atomic mass is 10.1. The highest BCUT2D eigenvalue weighted by atomic mass is 16.5. The van der Waals surface area contributed by atoms with Crippen molar-refractivity contribution in [1.82, 2.24) is 5.32 Å². The molecule has 3 N–H and O–H groups in total. The van der Waals surface area contributed by atoms with Crippen molar-refractivity contribution in [1.29, 1.82) is 0 Å². The molecule has 5 nitrogen and oxygen atoms in total. The topological polar surface area (TPSA) is 67.6 Å². The number of anilines is 2. The van der Waals surface area contributed by atoms with Crippen LogP contribution in [0.3, 0.4) is 0 Å². The third kappa shape index (κ3) is 4.42. The van der Waals surface area contributed by atoms with Gasteiger partial charge in [-0.3, -0.25) is 4.79 Å². The van der Waals surface area contributed by atoms with Gasteiger partial charge in [-0.2, -0.15) is 0 Å². The molecule has 1 aromatic carbocycles. The predicted molar refractivity (Wildman–Crippen MR) is 83.2 cm³/mol. The first-order chi connectivity index (χ1) is 9.26. The van der Waals surface area contributed by atoms with Crippen LogP contribution in [-0.4, -0.2) is 38.8 Å². The first-order valence-corrected chi connectivity index (χ1v) is 6.76. The maximum absolute atomic E-state index is 12.3. The van der Waals surface area contributed by atoms with E-state index >= 15 is 0 Å². The third-order valence-electron chi connectivity index (χ3n) is 2.96. The summed E-state index contributed by atoms with van der Waals surface area (Å²) >= 11 is 0. The molecule has 0 radical (unpaired) electrons. The number of nitrogens with zero attached hydrogens (tertiary/aromatic N) is 1. The van der Waals surface area contributed by atoms with Crippen LogP contribution in [0.2, 0.25) is 0 Å². The van der Waals surface area contributed by atoms with Crippen LogP contribution in [0.1, 0.15) is 31.1 Å². The van der Waals surface area contributed by atoms with Gasteiger partial charge in [0.2, 0.25) is 0 Å². The van der Waals surface area contributed by atoms with Gasteiger partial charge in [0, 0.05) is 38.6 Å². The summed E-state index contributed by atoms with van der Waals surface area (Å²) in [5, 5.41) is 2.90. The van der Waals surface area contributed by atoms with Gasteiger partial charge in [0.25, 0.3) is 5.91 Å². The average molecular weight is 279 g/mol. The normalized spacial score (nSPS) is 11.2. The van der Waals surface area contributed by atoms with Gasteiger partial charge in [0.05, 0.1) is 11.2 Å². The average Bonchev–Trinajstić information content (AvgIpc) is 2.35. The fraction of sp³-hybridized carbons (Fsp3) is 0.533. The largest absolute Gasteiger partial charge is 0.399 e. The molecule has 0 spiro atoms. The van der Waals surface area contributed by atoms with Crippen molar-refractivity contribution in [3.8, 4) is 0 Å². The summed E-state index contributed by atoms with van der Waals surface area (Å²) < 4.78 is 5.57. The van der Waals surface area contributed by atoms with Crippen LogP contribution in [0.5, 0.6) is 0 Å². The van der Waals surface area contributed by atoms with E-state index in [1.54, 1.807) is 12.1 Å². The number of nitrogens with two attached hydrogens (primary N) is 1. The van der Waals surface area contributed by atoms with Crippen LogP contribution in [0.4, 0.5) is 11.4 Å². The Hall–Kier alpha value is -1.75. The highest BCUT2D eigenvalue weighted by molar-refractivity contribution is 6.00. The lowest BCUT2D eigenvalue weighted by Crippen LogP contribution is -2.40. The van der Waals surface area contributed by atoms with Crippen LogP contribution in [0, 0.1) is 0 Å². The number of amides is 1. The summed E-state index contributed by atoms with van der Waals surface area (Å²) in [4.78, 5) is 14.2. The molecule has 112 valence electrons. The number of hydrogen-bond donors (Lipinski definition) is 2. The number of carbonyl (C=O) groups excluding carboxylic acids is 1. The second-order valence-corrected chi connectivity index (χ2v) is 5.55. The van der Waals surface area contributed by atoms with E-state index < -0.39 is 0 Å². The molecule has 1 rings (SSSR count). The molecule has 0 aliphatic rings. The van der Waals surface area contributed by atoms with Crippen molar-refractivity contribution in [2.45, 2.75) is 26.4 Å². The first kappa shape index (κ1) is 16.3. The summed E-state index contributed by atoms with van der Waals surface area (Å²) in [7, 11) is 3.79. The Kier molecular flexibility index (Phi) is 5.39. The molecule has 0 unspecified atom stereocenters. The second-order valence-electron chi connectivity index (χ2n) is 5.55.